The minimum absolute atomic E-state index is 0.100. The van der Waals surface area contributed by atoms with Gasteiger partial charge in [-0.1, -0.05) is 42.1 Å². The van der Waals surface area contributed by atoms with E-state index in [2.05, 4.69) is 56.6 Å². The second-order valence-electron chi connectivity index (χ2n) is 7.91. The molecule has 4 rings (SSSR count). The molecule has 1 heterocycles. The molecule has 4 aromatic rings. The number of aryl methyl sites for hydroxylation is 3. The highest BCUT2D eigenvalue weighted by atomic mass is 79.9. The monoisotopic (exact) mass is 524 g/mol. The maximum Gasteiger partial charge on any atom is 0.234 e. The van der Waals surface area contributed by atoms with Crippen molar-refractivity contribution < 1.29 is 9.53 Å². The molecule has 0 aliphatic heterocycles. The fourth-order valence-electron chi connectivity index (χ4n) is 3.50. The second kappa shape index (κ2) is 9.97. The van der Waals surface area contributed by atoms with Gasteiger partial charge in [-0.15, -0.1) is 10.2 Å². The number of carbonyl (C=O) groups is 1. The molecule has 0 unspecified atom stereocenters. The molecule has 8 heteroatoms. The standard InChI is InChI=1S/C25H25BrN4O2S/c1-15-11-20(26)21(12-16(15)2)27-24(31)14-33-25-29-28-23(30(25)4)13-32-22-10-9-18-7-5-6-8-19(18)17(22)3/h5-12H,13-14H2,1-4H3,(H,27,31). The smallest absolute Gasteiger partial charge is 0.234 e. The number of nitrogens with one attached hydrogen (secondary N) is 1. The largest absolute Gasteiger partial charge is 0.485 e. The zero-order valence-corrected chi connectivity index (χ0v) is 21.4. The highest BCUT2D eigenvalue weighted by molar-refractivity contribution is 9.10. The summed E-state index contributed by atoms with van der Waals surface area (Å²) in [4.78, 5) is 12.5. The Hall–Kier alpha value is -2.84. The molecular weight excluding hydrogens is 500 g/mol. The topological polar surface area (TPSA) is 69.0 Å². The first-order valence-corrected chi connectivity index (χ1v) is 12.3. The minimum atomic E-state index is -0.100. The Morgan fingerprint density at radius 2 is 1.85 bits per heavy atom. The molecule has 33 heavy (non-hydrogen) atoms. The van der Waals surface area contributed by atoms with Gasteiger partial charge < -0.3 is 14.6 Å². The van der Waals surface area contributed by atoms with Crippen molar-refractivity contribution in [2.75, 3.05) is 11.1 Å². The van der Waals surface area contributed by atoms with E-state index in [9.17, 15) is 4.79 Å². The number of hydrogen-bond donors (Lipinski definition) is 1. The molecule has 0 atom stereocenters. The van der Waals surface area contributed by atoms with E-state index in [1.165, 1.54) is 28.1 Å². The normalized spacial score (nSPS) is 11.1. The van der Waals surface area contributed by atoms with Gasteiger partial charge in [-0.25, -0.2) is 0 Å². The van der Waals surface area contributed by atoms with Crippen LogP contribution in [-0.2, 0) is 18.4 Å². The maximum atomic E-state index is 12.5. The lowest BCUT2D eigenvalue weighted by molar-refractivity contribution is -0.113. The third-order valence-electron chi connectivity index (χ3n) is 5.62. The third kappa shape index (κ3) is 5.23. The van der Waals surface area contributed by atoms with Crippen molar-refractivity contribution in [2.24, 2.45) is 7.05 Å². The Morgan fingerprint density at radius 3 is 2.67 bits per heavy atom. The molecule has 0 radical (unpaired) electrons. The van der Waals surface area contributed by atoms with Crippen LogP contribution in [0.3, 0.4) is 0 Å². The summed E-state index contributed by atoms with van der Waals surface area (Å²) in [6, 6.07) is 16.3. The first-order chi connectivity index (χ1) is 15.8. The van der Waals surface area contributed by atoms with E-state index in [1.54, 1.807) is 0 Å². The Kier molecular flexibility index (Phi) is 7.05. The molecule has 6 nitrogen and oxygen atoms in total. The summed E-state index contributed by atoms with van der Waals surface area (Å²) in [6.45, 7) is 6.42. The molecule has 0 saturated heterocycles. The van der Waals surface area contributed by atoms with Crippen LogP contribution in [0.5, 0.6) is 5.75 Å². The first-order valence-electron chi connectivity index (χ1n) is 10.5. The summed E-state index contributed by atoms with van der Waals surface area (Å²) in [7, 11) is 1.88. The average molecular weight is 525 g/mol. The molecule has 0 spiro atoms. The van der Waals surface area contributed by atoms with Gasteiger partial charge in [0.1, 0.15) is 12.4 Å². The number of amides is 1. The molecule has 0 bridgehead atoms. The number of rotatable bonds is 7. The van der Waals surface area contributed by atoms with Gasteiger partial charge in [-0.3, -0.25) is 4.79 Å². The Balaban J connectivity index is 1.37. The summed E-state index contributed by atoms with van der Waals surface area (Å²) >= 11 is 4.86. The van der Waals surface area contributed by atoms with Crippen molar-refractivity contribution in [1.29, 1.82) is 0 Å². The van der Waals surface area contributed by atoms with Crippen LogP contribution < -0.4 is 10.1 Å². The van der Waals surface area contributed by atoms with Crippen molar-refractivity contribution in [3.8, 4) is 5.75 Å². The van der Waals surface area contributed by atoms with Crippen LogP contribution >= 0.6 is 27.7 Å². The zero-order chi connectivity index (χ0) is 23.5. The Morgan fingerprint density at radius 1 is 1.09 bits per heavy atom. The van der Waals surface area contributed by atoms with E-state index < -0.39 is 0 Å². The fraction of sp³-hybridized carbons (Fsp3) is 0.240. The number of halogens is 1. The molecule has 3 aromatic carbocycles. The lowest BCUT2D eigenvalue weighted by Gasteiger charge is -2.11. The molecule has 0 fully saturated rings. The van der Waals surface area contributed by atoms with Gasteiger partial charge in [-0.2, -0.15) is 0 Å². The second-order valence-corrected chi connectivity index (χ2v) is 9.71. The van der Waals surface area contributed by atoms with Crippen LogP contribution in [0, 0.1) is 20.8 Å². The summed E-state index contributed by atoms with van der Waals surface area (Å²) in [6.07, 6.45) is 0. The number of nitrogens with zero attached hydrogens (tertiary/aromatic N) is 3. The molecule has 0 aliphatic carbocycles. The van der Waals surface area contributed by atoms with Crippen LogP contribution in [0.15, 0.2) is 58.2 Å². The summed E-state index contributed by atoms with van der Waals surface area (Å²) in [5, 5.41) is 14.5. The van der Waals surface area contributed by atoms with E-state index in [0.717, 1.165) is 27.0 Å². The van der Waals surface area contributed by atoms with Crippen LogP contribution in [0.25, 0.3) is 10.8 Å². The van der Waals surface area contributed by atoms with Crippen LogP contribution in [0.4, 0.5) is 5.69 Å². The van der Waals surface area contributed by atoms with Crippen molar-refractivity contribution in [2.45, 2.75) is 32.5 Å². The first kappa shape index (κ1) is 23.3. The van der Waals surface area contributed by atoms with Crippen molar-refractivity contribution in [3.63, 3.8) is 0 Å². The molecule has 170 valence electrons. The van der Waals surface area contributed by atoms with Gasteiger partial charge in [-0.05, 0) is 82.4 Å². The number of benzene rings is 3. The Labute approximate surface area is 205 Å². The quantitative estimate of drug-likeness (QED) is 0.302. The molecule has 0 saturated carbocycles. The molecule has 1 amide bonds. The van der Waals surface area contributed by atoms with Gasteiger partial charge in [0.2, 0.25) is 5.91 Å². The zero-order valence-electron chi connectivity index (χ0n) is 19.0. The molecule has 0 aliphatic rings. The van der Waals surface area contributed by atoms with E-state index in [4.69, 9.17) is 4.74 Å². The number of aromatic nitrogens is 3. The van der Waals surface area contributed by atoms with Crippen molar-refractivity contribution in [3.05, 3.63) is 75.5 Å². The van der Waals surface area contributed by atoms with Crippen LogP contribution in [-0.4, -0.2) is 26.4 Å². The average Bonchev–Trinajstić information content (AvgIpc) is 3.15. The number of fused-ring (bicyclic) bond motifs is 1. The minimum Gasteiger partial charge on any atom is -0.485 e. The van der Waals surface area contributed by atoms with E-state index in [-0.39, 0.29) is 11.7 Å². The number of ether oxygens (including phenoxy) is 1. The number of thioether (sulfide) groups is 1. The SMILES string of the molecule is Cc1cc(Br)c(NC(=O)CSc2nnc(COc3ccc4ccccc4c3C)n2C)cc1C. The Bertz CT molecular complexity index is 1340. The van der Waals surface area contributed by atoms with Crippen LogP contribution in [0.1, 0.15) is 22.5 Å². The number of carbonyl (C=O) groups excluding carboxylic acids is 1. The highest BCUT2D eigenvalue weighted by Crippen LogP contribution is 2.28. The van der Waals surface area contributed by atoms with E-state index in [1.807, 2.05) is 55.8 Å². The van der Waals surface area contributed by atoms with E-state index in [0.29, 0.717) is 17.6 Å². The highest BCUT2D eigenvalue weighted by Gasteiger charge is 2.14. The summed E-state index contributed by atoms with van der Waals surface area (Å²) in [5.41, 5.74) is 4.16. The molecule has 1 aromatic heterocycles. The maximum absolute atomic E-state index is 12.5. The van der Waals surface area contributed by atoms with Gasteiger partial charge in [0.15, 0.2) is 11.0 Å². The van der Waals surface area contributed by atoms with Crippen LogP contribution in [0.2, 0.25) is 0 Å². The lowest BCUT2D eigenvalue weighted by Crippen LogP contribution is -2.15. The predicted octanol–water partition coefficient (Wildman–Crippen LogP) is 5.97. The van der Waals surface area contributed by atoms with Gasteiger partial charge in [0.25, 0.3) is 0 Å². The van der Waals surface area contributed by atoms with E-state index >= 15 is 0 Å². The molecular formula is C25H25BrN4O2S. The fourth-order valence-corrected chi connectivity index (χ4v) is 4.78. The molecule has 1 N–H and O–H groups in total. The van der Waals surface area contributed by atoms with Gasteiger partial charge in [0, 0.05) is 11.5 Å². The van der Waals surface area contributed by atoms with Gasteiger partial charge >= 0.3 is 0 Å². The lowest BCUT2D eigenvalue weighted by atomic mass is 10.0. The summed E-state index contributed by atoms with van der Waals surface area (Å²) in [5.74, 6) is 1.65. The van der Waals surface area contributed by atoms with Crippen molar-refractivity contribution >= 4 is 50.1 Å². The summed E-state index contributed by atoms with van der Waals surface area (Å²) < 4.78 is 8.77. The number of anilines is 1. The third-order valence-corrected chi connectivity index (χ3v) is 7.30. The van der Waals surface area contributed by atoms with Gasteiger partial charge in [0.05, 0.1) is 11.4 Å². The predicted molar refractivity (Wildman–Crippen MR) is 137 cm³/mol. The van der Waals surface area contributed by atoms with Crippen molar-refractivity contribution in [1.82, 2.24) is 14.8 Å². The number of hydrogen-bond acceptors (Lipinski definition) is 5.